The first-order valence-electron chi connectivity index (χ1n) is 12.7. The van der Waals surface area contributed by atoms with E-state index in [1.807, 2.05) is 23.1 Å². The Hall–Kier alpha value is -2.75. The highest BCUT2D eigenvalue weighted by Gasteiger charge is 2.54. The fraction of sp³-hybridized carbons (Fsp3) is 0.577. The second-order valence-electron chi connectivity index (χ2n) is 10.8. The minimum absolute atomic E-state index is 0.0544. The molecule has 1 aromatic carbocycles. The molecule has 2 atom stereocenters. The zero-order valence-corrected chi connectivity index (χ0v) is 20.8. The van der Waals surface area contributed by atoms with Crippen LogP contribution in [0.3, 0.4) is 0 Å². The Morgan fingerprint density at radius 2 is 1.71 bits per heavy atom. The molecule has 188 valence electrons. The van der Waals surface area contributed by atoms with Gasteiger partial charge in [-0.1, -0.05) is 12.1 Å². The Bertz CT molecular complexity index is 1100. The Labute approximate surface area is 206 Å². The van der Waals surface area contributed by atoms with Crippen LogP contribution in [0, 0.1) is 17.8 Å². The van der Waals surface area contributed by atoms with Crippen LogP contribution in [0.15, 0.2) is 41.3 Å². The third kappa shape index (κ3) is 4.98. The van der Waals surface area contributed by atoms with Crippen molar-refractivity contribution in [3.05, 3.63) is 52.6 Å². The predicted octanol–water partition coefficient (Wildman–Crippen LogP) is 0.297. The van der Waals surface area contributed by atoms with Crippen LogP contribution in [0.2, 0.25) is 0 Å². The number of hydrogen-bond donors (Lipinski definition) is 2. The van der Waals surface area contributed by atoms with Gasteiger partial charge in [0.25, 0.3) is 0 Å². The molecule has 1 aromatic heterocycles. The lowest BCUT2D eigenvalue weighted by Gasteiger charge is -2.37. The molecule has 0 radical (unpaired) electrons. The van der Waals surface area contributed by atoms with Crippen LogP contribution in [0.1, 0.15) is 19.4 Å². The normalized spacial score (nSPS) is 24.5. The van der Waals surface area contributed by atoms with Crippen LogP contribution in [0.25, 0.3) is 5.69 Å². The number of amides is 1. The van der Waals surface area contributed by atoms with Crippen molar-refractivity contribution in [3.8, 4) is 5.69 Å². The number of piperidine rings is 1. The number of nitrogens with two attached hydrogens (primary N) is 2. The zero-order chi connectivity index (χ0) is 24.7. The van der Waals surface area contributed by atoms with Crippen LogP contribution in [-0.4, -0.2) is 83.2 Å². The summed E-state index contributed by atoms with van der Waals surface area (Å²) >= 11 is 0. The molecule has 3 fully saturated rings. The van der Waals surface area contributed by atoms with E-state index in [4.69, 9.17) is 11.5 Å². The Kier molecular flexibility index (Phi) is 6.41. The van der Waals surface area contributed by atoms with E-state index >= 15 is 0 Å². The maximum absolute atomic E-state index is 12.8. The van der Waals surface area contributed by atoms with Crippen molar-refractivity contribution in [1.29, 1.82) is 0 Å². The molecule has 1 aliphatic carbocycles. The Balaban J connectivity index is 1.15. The summed E-state index contributed by atoms with van der Waals surface area (Å²) in [7, 11) is 0. The molecule has 2 aliphatic heterocycles. The van der Waals surface area contributed by atoms with Crippen LogP contribution in [-0.2, 0) is 11.2 Å². The molecule has 2 aromatic rings. The van der Waals surface area contributed by atoms with Crippen molar-refractivity contribution in [1.82, 2.24) is 19.4 Å². The van der Waals surface area contributed by atoms with Gasteiger partial charge in [0, 0.05) is 52.0 Å². The van der Waals surface area contributed by atoms with E-state index in [1.165, 1.54) is 18.7 Å². The smallest absolute Gasteiger partial charge is 0.353 e. The average Bonchev–Trinajstić information content (AvgIpc) is 3.33. The molecular formula is C26H37N7O2. The van der Waals surface area contributed by atoms with E-state index in [0.717, 1.165) is 43.0 Å². The summed E-state index contributed by atoms with van der Waals surface area (Å²) in [6, 6.07) is 10.0. The molecule has 1 saturated carbocycles. The van der Waals surface area contributed by atoms with Gasteiger partial charge < -0.3 is 26.2 Å². The molecule has 3 aliphatic rings. The first-order valence-corrected chi connectivity index (χ1v) is 12.7. The summed E-state index contributed by atoms with van der Waals surface area (Å²) in [6.07, 6.45) is 2.79. The van der Waals surface area contributed by atoms with Crippen LogP contribution in [0.4, 0.5) is 5.82 Å². The standard InChI is InChI=1S/C26H37N7O2/c1-26(2,28)24(34)32-13-11-31(12-14-32)23-8-10-33(25(35)29-23)19-5-3-18(4-6-19)7-9-30-16-21-20(15-27)22(21)17-30/h3-6,8,10,20-22H,7,9,11-17,27-28H2,1-2H3. The number of piperazine rings is 1. The van der Waals surface area contributed by atoms with Crippen LogP contribution >= 0.6 is 0 Å². The number of aromatic nitrogens is 2. The zero-order valence-electron chi connectivity index (χ0n) is 20.8. The van der Waals surface area contributed by atoms with E-state index in [0.29, 0.717) is 32.0 Å². The fourth-order valence-corrected chi connectivity index (χ4v) is 5.69. The number of anilines is 1. The van der Waals surface area contributed by atoms with Crippen molar-refractivity contribution in [2.75, 3.05) is 57.3 Å². The van der Waals surface area contributed by atoms with Crippen LogP contribution < -0.4 is 22.1 Å². The van der Waals surface area contributed by atoms with Gasteiger partial charge >= 0.3 is 5.69 Å². The van der Waals surface area contributed by atoms with Gasteiger partial charge in [-0.05, 0) is 68.3 Å². The molecule has 2 saturated heterocycles. The Morgan fingerprint density at radius 3 is 2.29 bits per heavy atom. The third-order valence-electron chi connectivity index (χ3n) is 7.88. The van der Waals surface area contributed by atoms with Crippen molar-refractivity contribution >= 4 is 11.7 Å². The van der Waals surface area contributed by atoms with Crippen LogP contribution in [0.5, 0.6) is 0 Å². The highest BCUT2D eigenvalue weighted by molar-refractivity contribution is 5.85. The van der Waals surface area contributed by atoms with Gasteiger partial charge in [0.05, 0.1) is 11.2 Å². The lowest BCUT2D eigenvalue weighted by Crippen LogP contribution is -2.57. The van der Waals surface area contributed by atoms with Crippen molar-refractivity contribution in [3.63, 3.8) is 0 Å². The molecule has 0 spiro atoms. The number of nitrogens with zero attached hydrogens (tertiary/aromatic N) is 5. The topological polar surface area (TPSA) is 114 Å². The molecule has 2 unspecified atom stereocenters. The maximum atomic E-state index is 12.8. The molecule has 4 N–H and O–H groups in total. The van der Waals surface area contributed by atoms with E-state index in [2.05, 4.69) is 22.0 Å². The number of hydrogen-bond acceptors (Lipinski definition) is 7. The number of fused-ring (bicyclic) bond motifs is 1. The average molecular weight is 480 g/mol. The molecule has 3 heterocycles. The minimum Gasteiger partial charge on any atom is -0.353 e. The van der Waals surface area contributed by atoms with Crippen molar-refractivity contribution in [2.24, 2.45) is 29.2 Å². The van der Waals surface area contributed by atoms with E-state index < -0.39 is 5.54 Å². The molecule has 9 heteroatoms. The quantitative estimate of drug-likeness (QED) is 0.587. The first kappa shape index (κ1) is 24.0. The summed E-state index contributed by atoms with van der Waals surface area (Å²) in [6.45, 7) is 10.1. The minimum atomic E-state index is -0.876. The highest BCUT2D eigenvalue weighted by Crippen LogP contribution is 2.50. The number of carbonyl (C=O) groups excluding carboxylic acids is 1. The second-order valence-corrected chi connectivity index (χ2v) is 10.8. The van der Waals surface area contributed by atoms with E-state index in [-0.39, 0.29) is 11.6 Å². The molecule has 5 rings (SSSR count). The van der Waals surface area contributed by atoms with Crippen molar-refractivity contribution < 1.29 is 4.79 Å². The van der Waals surface area contributed by atoms with E-state index in [1.54, 1.807) is 29.5 Å². The Morgan fingerprint density at radius 1 is 1.06 bits per heavy atom. The van der Waals surface area contributed by atoms with Gasteiger partial charge in [-0.2, -0.15) is 4.98 Å². The summed E-state index contributed by atoms with van der Waals surface area (Å²) in [4.78, 5) is 35.9. The fourth-order valence-electron chi connectivity index (χ4n) is 5.69. The largest absolute Gasteiger partial charge is 0.354 e. The van der Waals surface area contributed by atoms with E-state index in [9.17, 15) is 9.59 Å². The number of benzene rings is 1. The van der Waals surface area contributed by atoms with Gasteiger partial charge in [-0.3, -0.25) is 9.36 Å². The summed E-state index contributed by atoms with van der Waals surface area (Å²) in [5.74, 6) is 3.01. The third-order valence-corrected chi connectivity index (χ3v) is 7.88. The summed E-state index contributed by atoms with van der Waals surface area (Å²) in [5.41, 5.74) is 12.7. The van der Waals surface area contributed by atoms with Gasteiger partial charge in [0.1, 0.15) is 5.82 Å². The predicted molar refractivity (Wildman–Crippen MR) is 137 cm³/mol. The first-order chi connectivity index (χ1) is 16.7. The van der Waals surface area contributed by atoms with Crippen molar-refractivity contribution in [2.45, 2.75) is 25.8 Å². The highest BCUT2D eigenvalue weighted by atomic mass is 16.2. The second kappa shape index (κ2) is 9.37. The summed E-state index contributed by atoms with van der Waals surface area (Å²) < 4.78 is 1.57. The van der Waals surface area contributed by atoms with Gasteiger partial charge in [-0.25, -0.2) is 4.79 Å². The summed E-state index contributed by atoms with van der Waals surface area (Å²) in [5, 5.41) is 0. The maximum Gasteiger partial charge on any atom is 0.354 e. The molecule has 35 heavy (non-hydrogen) atoms. The SMILES string of the molecule is CC(C)(N)C(=O)N1CCN(c2ccn(-c3ccc(CCN4CC5C(CN)C5C4)cc3)c(=O)n2)CC1. The number of carbonyl (C=O) groups is 1. The number of likely N-dealkylation sites (tertiary alicyclic amines) is 1. The molecule has 0 bridgehead atoms. The molecular weight excluding hydrogens is 442 g/mol. The monoisotopic (exact) mass is 479 g/mol. The van der Waals surface area contributed by atoms with Gasteiger partial charge in [-0.15, -0.1) is 0 Å². The number of rotatable bonds is 7. The van der Waals surface area contributed by atoms with Gasteiger partial charge in [0.15, 0.2) is 0 Å². The lowest BCUT2D eigenvalue weighted by atomic mass is 10.0. The van der Waals surface area contributed by atoms with Gasteiger partial charge in [0.2, 0.25) is 5.91 Å². The molecule has 1 amide bonds. The molecule has 9 nitrogen and oxygen atoms in total. The lowest BCUT2D eigenvalue weighted by molar-refractivity contribution is -0.136.